The number of Topliss-reactive ketones (excluding diaryl/α,β-unsaturated/α-hetero) is 1. The molecule has 5 nitrogen and oxygen atoms in total. The van der Waals surface area contributed by atoms with Gasteiger partial charge in [0.1, 0.15) is 0 Å². The van der Waals surface area contributed by atoms with Crippen molar-refractivity contribution in [2.24, 2.45) is 5.73 Å². The molecule has 1 aliphatic heterocycles. The molecule has 1 rings (SSSR count). The van der Waals surface area contributed by atoms with Crippen LogP contribution < -0.4 is 5.73 Å². The number of carbonyl (C=O) groups excluding carboxylic acids is 2. The molecule has 0 aromatic heterocycles. The summed E-state index contributed by atoms with van der Waals surface area (Å²) in [6.07, 6.45) is 0.392. The minimum atomic E-state index is -1.04. The fourth-order valence-electron chi connectivity index (χ4n) is 1.81. The molecule has 2 N–H and O–H groups in total. The summed E-state index contributed by atoms with van der Waals surface area (Å²) >= 11 is 8.55. The van der Waals surface area contributed by atoms with Crippen LogP contribution in [0.25, 0.3) is 0 Å². The van der Waals surface area contributed by atoms with Crippen LogP contribution in [0.2, 0.25) is 0 Å². The van der Waals surface area contributed by atoms with Crippen molar-refractivity contribution >= 4 is 37.2 Å². The Labute approximate surface area is 112 Å². The molecule has 7 heteroatoms. The van der Waals surface area contributed by atoms with Gasteiger partial charge in [0.15, 0.2) is 5.78 Å². The van der Waals surface area contributed by atoms with Gasteiger partial charge in [-0.2, -0.15) is 12.6 Å². The first-order chi connectivity index (χ1) is 7.89. The normalized spacial score (nSPS) is 31.1. The van der Waals surface area contributed by atoms with Crippen LogP contribution in [-0.2, 0) is 14.3 Å². The van der Waals surface area contributed by atoms with Gasteiger partial charge >= 0.3 is 5.97 Å². The van der Waals surface area contributed by atoms with E-state index < -0.39 is 16.8 Å². The number of hydrogen-bond donors (Lipinski definition) is 3. The van der Waals surface area contributed by atoms with Crippen LogP contribution in [0.15, 0.2) is 0 Å². The highest BCUT2D eigenvalue weighted by Gasteiger charge is 2.42. The zero-order chi connectivity index (χ0) is 13.1. The van der Waals surface area contributed by atoms with Gasteiger partial charge in [-0.3, -0.25) is 13.9 Å². The monoisotopic (exact) mass is 278 g/mol. The number of nitrogens with two attached hydrogens (primary N) is 1. The van der Waals surface area contributed by atoms with Crippen molar-refractivity contribution in [2.45, 2.75) is 30.6 Å². The maximum atomic E-state index is 12.1. The van der Waals surface area contributed by atoms with Crippen LogP contribution in [0.4, 0.5) is 0 Å². The minimum absolute atomic E-state index is 0.0435. The summed E-state index contributed by atoms with van der Waals surface area (Å²) in [4.78, 5) is 23.5. The standard InChI is InChI=1S/C10H18N2O3S2/c1-2-15-8(13)5-10(16)3-4-12(17)6-7(11)9(10)14/h7,16-17H,2-6,11H2,1H3. The Morgan fingerprint density at radius 1 is 1.71 bits per heavy atom. The molecule has 0 aromatic rings. The molecule has 1 aliphatic rings. The molecule has 2 atom stereocenters. The van der Waals surface area contributed by atoms with E-state index in [0.29, 0.717) is 26.1 Å². The second kappa shape index (κ2) is 6.08. The van der Waals surface area contributed by atoms with Crippen molar-refractivity contribution in [3.8, 4) is 0 Å². The maximum absolute atomic E-state index is 12.1. The molecule has 17 heavy (non-hydrogen) atoms. The molecule has 0 aromatic carbocycles. The molecule has 1 fully saturated rings. The van der Waals surface area contributed by atoms with Crippen molar-refractivity contribution in [3.05, 3.63) is 0 Å². The van der Waals surface area contributed by atoms with E-state index in [0.717, 1.165) is 0 Å². The summed E-state index contributed by atoms with van der Waals surface area (Å²) in [5.74, 6) is -0.638. The van der Waals surface area contributed by atoms with E-state index in [-0.39, 0.29) is 12.2 Å². The molecule has 0 bridgehead atoms. The Bertz CT molecular complexity index is 314. The number of ketones is 1. The highest BCUT2D eigenvalue weighted by Crippen LogP contribution is 2.30. The number of ether oxygens (including phenoxy) is 1. The van der Waals surface area contributed by atoms with Crippen LogP contribution >= 0.6 is 25.4 Å². The van der Waals surface area contributed by atoms with E-state index in [4.69, 9.17) is 10.5 Å². The molecule has 0 radical (unpaired) electrons. The first kappa shape index (κ1) is 14.8. The van der Waals surface area contributed by atoms with Crippen molar-refractivity contribution in [1.29, 1.82) is 0 Å². The lowest BCUT2D eigenvalue weighted by Gasteiger charge is -2.25. The lowest BCUT2D eigenvalue weighted by molar-refractivity contribution is -0.145. The Morgan fingerprint density at radius 2 is 2.35 bits per heavy atom. The lowest BCUT2D eigenvalue weighted by atomic mass is 9.92. The van der Waals surface area contributed by atoms with Gasteiger partial charge in [-0.15, -0.1) is 0 Å². The van der Waals surface area contributed by atoms with Crippen LogP contribution in [0.5, 0.6) is 0 Å². The third-order valence-electron chi connectivity index (χ3n) is 2.73. The topological polar surface area (TPSA) is 72.6 Å². The van der Waals surface area contributed by atoms with Crippen molar-refractivity contribution in [1.82, 2.24) is 4.31 Å². The third kappa shape index (κ3) is 3.87. The Kier molecular flexibility index (Phi) is 5.30. The van der Waals surface area contributed by atoms with Gasteiger partial charge in [0, 0.05) is 13.1 Å². The average molecular weight is 278 g/mol. The van der Waals surface area contributed by atoms with E-state index in [9.17, 15) is 9.59 Å². The molecule has 0 aliphatic carbocycles. The third-order valence-corrected chi connectivity index (χ3v) is 3.69. The number of thiol groups is 2. The van der Waals surface area contributed by atoms with Gasteiger partial charge in [-0.25, -0.2) is 0 Å². The highest BCUT2D eigenvalue weighted by molar-refractivity contribution is 7.82. The van der Waals surface area contributed by atoms with Gasteiger partial charge < -0.3 is 10.5 Å². The van der Waals surface area contributed by atoms with Crippen molar-refractivity contribution < 1.29 is 14.3 Å². The van der Waals surface area contributed by atoms with E-state index in [1.54, 1.807) is 11.2 Å². The van der Waals surface area contributed by atoms with Gasteiger partial charge in [0.25, 0.3) is 0 Å². The fourth-order valence-corrected chi connectivity index (χ4v) is 2.48. The van der Waals surface area contributed by atoms with Crippen molar-refractivity contribution in [2.75, 3.05) is 19.7 Å². The molecular formula is C10H18N2O3S2. The molecule has 1 heterocycles. The van der Waals surface area contributed by atoms with Crippen LogP contribution in [0, 0.1) is 0 Å². The summed E-state index contributed by atoms with van der Waals surface area (Å²) in [6.45, 7) is 2.94. The highest BCUT2D eigenvalue weighted by atomic mass is 32.1. The van der Waals surface area contributed by atoms with E-state index in [1.165, 1.54) is 0 Å². The molecule has 1 saturated heterocycles. The second-order valence-electron chi connectivity index (χ2n) is 4.15. The molecule has 0 saturated carbocycles. The van der Waals surface area contributed by atoms with Crippen molar-refractivity contribution in [3.63, 3.8) is 0 Å². The lowest BCUT2D eigenvalue weighted by Crippen LogP contribution is -2.47. The summed E-state index contributed by atoms with van der Waals surface area (Å²) < 4.78 is 5.48. The van der Waals surface area contributed by atoms with E-state index >= 15 is 0 Å². The SMILES string of the molecule is CCOC(=O)CC1(S)CCN(S)CC(N)C1=O. The van der Waals surface area contributed by atoms with Crippen LogP contribution in [0.3, 0.4) is 0 Å². The summed E-state index contributed by atoms with van der Waals surface area (Å²) in [5, 5.41) is 0. The molecule has 2 unspecified atom stereocenters. The van der Waals surface area contributed by atoms with E-state index in [2.05, 4.69) is 25.4 Å². The average Bonchev–Trinajstić information content (AvgIpc) is 2.32. The zero-order valence-corrected chi connectivity index (χ0v) is 11.5. The number of rotatable bonds is 3. The first-order valence-corrected chi connectivity index (χ1v) is 6.35. The Balaban J connectivity index is 2.77. The summed E-state index contributed by atoms with van der Waals surface area (Å²) in [5.41, 5.74) is 5.75. The Morgan fingerprint density at radius 3 is 2.94 bits per heavy atom. The summed E-state index contributed by atoms with van der Waals surface area (Å²) in [7, 11) is 0. The van der Waals surface area contributed by atoms with Gasteiger partial charge in [0.05, 0.1) is 23.8 Å². The van der Waals surface area contributed by atoms with Crippen LogP contribution in [-0.4, -0.2) is 46.5 Å². The quantitative estimate of drug-likeness (QED) is 0.503. The predicted octanol–water partition coefficient (Wildman–Crippen LogP) is 0.0551. The zero-order valence-electron chi connectivity index (χ0n) is 9.76. The van der Waals surface area contributed by atoms with Crippen LogP contribution in [0.1, 0.15) is 19.8 Å². The molecule has 98 valence electrons. The number of carbonyl (C=O) groups is 2. The molecule has 0 amide bonds. The van der Waals surface area contributed by atoms with Gasteiger partial charge in [0.2, 0.25) is 0 Å². The minimum Gasteiger partial charge on any atom is -0.466 e. The number of nitrogens with zero attached hydrogens (tertiary/aromatic N) is 1. The summed E-state index contributed by atoms with van der Waals surface area (Å²) in [6, 6.07) is -0.665. The number of esters is 1. The smallest absolute Gasteiger partial charge is 0.307 e. The van der Waals surface area contributed by atoms with Gasteiger partial charge in [-0.05, 0) is 13.3 Å². The molecule has 0 spiro atoms. The predicted molar refractivity (Wildman–Crippen MR) is 71.1 cm³/mol. The first-order valence-electron chi connectivity index (χ1n) is 5.51. The number of hydrogen-bond acceptors (Lipinski definition) is 7. The second-order valence-corrected chi connectivity index (χ2v) is 5.57. The largest absolute Gasteiger partial charge is 0.466 e. The Hall–Kier alpha value is -0.240. The fraction of sp³-hybridized carbons (Fsp3) is 0.800. The molecular weight excluding hydrogens is 260 g/mol. The maximum Gasteiger partial charge on any atom is 0.307 e. The van der Waals surface area contributed by atoms with E-state index in [1.807, 2.05) is 0 Å². The van der Waals surface area contributed by atoms with Gasteiger partial charge in [-0.1, -0.05) is 12.8 Å².